The Hall–Kier alpha value is -2.69. The Bertz CT molecular complexity index is 792. The molecule has 0 heterocycles. The van der Waals surface area contributed by atoms with Crippen molar-refractivity contribution < 1.29 is 22.6 Å². The van der Waals surface area contributed by atoms with Crippen LogP contribution in [0.2, 0.25) is 0 Å². The molecular formula is C23H25F3O2. The Kier molecular flexibility index (Phi) is 6.60. The van der Waals surface area contributed by atoms with Crippen molar-refractivity contribution in [3.8, 4) is 11.5 Å². The molecule has 0 bridgehead atoms. The van der Waals surface area contributed by atoms with Crippen LogP contribution >= 0.6 is 0 Å². The van der Waals surface area contributed by atoms with Crippen molar-refractivity contribution >= 4 is 0 Å². The van der Waals surface area contributed by atoms with Gasteiger partial charge in [0.1, 0.15) is 30.1 Å². The topological polar surface area (TPSA) is 18.5 Å². The zero-order valence-corrected chi connectivity index (χ0v) is 16.4. The SMILES string of the molecule is C=CCOc1ccc(C(C)(c2ccc(OCC=C)c(C)c2)C(F)(F)F)cc1C. The van der Waals surface area contributed by atoms with Gasteiger partial charge in [0, 0.05) is 0 Å². The fourth-order valence-electron chi connectivity index (χ4n) is 3.04. The van der Waals surface area contributed by atoms with Gasteiger partial charge in [0.2, 0.25) is 0 Å². The predicted octanol–water partition coefficient (Wildman–Crippen LogP) is 6.30. The first-order chi connectivity index (χ1) is 13.1. The predicted molar refractivity (Wildman–Crippen MR) is 106 cm³/mol. The average Bonchev–Trinajstić information content (AvgIpc) is 2.64. The highest BCUT2D eigenvalue weighted by Crippen LogP contribution is 2.47. The van der Waals surface area contributed by atoms with E-state index in [0.717, 1.165) is 0 Å². The fraction of sp³-hybridized carbons (Fsp3) is 0.304. The molecule has 0 aliphatic carbocycles. The minimum absolute atomic E-state index is 0.155. The molecule has 0 fully saturated rings. The third-order valence-corrected chi connectivity index (χ3v) is 4.78. The Balaban J connectivity index is 2.53. The third-order valence-electron chi connectivity index (χ3n) is 4.78. The molecule has 150 valence electrons. The van der Waals surface area contributed by atoms with Crippen LogP contribution in [0.4, 0.5) is 13.2 Å². The Labute approximate surface area is 164 Å². The molecule has 2 rings (SSSR count). The second kappa shape index (κ2) is 8.55. The van der Waals surface area contributed by atoms with Crippen molar-refractivity contribution in [2.45, 2.75) is 32.4 Å². The molecule has 5 heteroatoms. The van der Waals surface area contributed by atoms with Crippen molar-refractivity contribution in [3.63, 3.8) is 0 Å². The van der Waals surface area contributed by atoms with Gasteiger partial charge in [-0.25, -0.2) is 0 Å². The van der Waals surface area contributed by atoms with E-state index >= 15 is 0 Å². The standard InChI is InChI=1S/C23H25F3O2/c1-6-12-27-20-10-8-18(14-16(20)3)22(5,23(24,25)26)19-9-11-21(17(4)15-19)28-13-7-2/h6-11,14-15H,1-2,12-13H2,3-5H3. The normalized spacial score (nSPS) is 11.8. The first-order valence-electron chi connectivity index (χ1n) is 8.91. The highest BCUT2D eigenvalue weighted by Gasteiger charge is 2.53. The van der Waals surface area contributed by atoms with E-state index in [1.54, 1.807) is 38.1 Å². The molecule has 2 nitrogen and oxygen atoms in total. The van der Waals surface area contributed by atoms with Crippen LogP contribution in [0.25, 0.3) is 0 Å². The van der Waals surface area contributed by atoms with E-state index in [1.165, 1.54) is 31.2 Å². The molecule has 0 spiro atoms. The Morgan fingerprint density at radius 3 is 1.50 bits per heavy atom. The van der Waals surface area contributed by atoms with Gasteiger partial charge >= 0.3 is 6.18 Å². The Morgan fingerprint density at radius 1 is 0.821 bits per heavy atom. The minimum atomic E-state index is -4.49. The molecule has 0 unspecified atom stereocenters. The molecule has 0 saturated heterocycles. The van der Waals surface area contributed by atoms with Gasteiger partial charge in [0.15, 0.2) is 0 Å². The number of benzene rings is 2. The maximum Gasteiger partial charge on any atom is 0.402 e. The molecule has 0 aliphatic heterocycles. The summed E-state index contributed by atoms with van der Waals surface area (Å²) >= 11 is 0. The number of halogens is 3. The number of hydrogen-bond donors (Lipinski definition) is 0. The zero-order chi connectivity index (χ0) is 20.9. The van der Waals surface area contributed by atoms with E-state index in [2.05, 4.69) is 13.2 Å². The summed E-state index contributed by atoms with van der Waals surface area (Å²) in [4.78, 5) is 0. The van der Waals surface area contributed by atoms with Crippen LogP contribution in [-0.2, 0) is 5.41 Å². The summed E-state index contributed by atoms with van der Waals surface area (Å²) in [5.74, 6) is 1.08. The lowest BCUT2D eigenvalue weighted by atomic mass is 9.74. The molecule has 2 aromatic rings. The van der Waals surface area contributed by atoms with Gasteiger partial charge in [0.05, 0.1) is 0 Å². The molecule has 0 saturated carbocycles. The average molecular weight is 390 g/mol. The van der Waals surface area contributed by atoms with Crippen LogP contribution in [0.3, 0.4) is 0 Å². The van der Waals surface area contributed by atoms with Crippen molar-refractivity contribution in [1.82, 2.24) is 0 Å². The van der Waals surface area contributed by atoms with Gasteiger partial charge in [-0.15, -0.1) is 0 Å². The maximum absolute atomic E-state index is 14.3. The summed E-state index contributed by atoms with van der Waals surface area (Å²) in [5.41, 5.74) is -0.587. The minimum Gasteiger partial charge on any atom is -0.489 e. The zero-order valence-electron chi connectivity index (χ0n) is 16.4. The summed E-state index contributed by atoms with van der Waals surface area (Å²) in [6.07, 6.45) is -1.31. The van der Waals surface area contributed by atoms with E-state index in [0.29, 0.717) is 35.8 Å². The van der Waals surface area contributed by atoms with E-state index in [4.69, 9.17) is 9.47 Å². The fourth-order valence-corrected chi connectivity index (χ4v) is 3.04. The molecule has 28 heavy (non-hydrogen) atoms. The van der Waals surface area contributed by atoms with E-state index < -0.39 is 11.6 Å². The molecule has 0 atom stereocenters. The number of aryl methyl sites for hydroxylation is 2. The molecule has 2 aromatic carbocycles. The van der Waals surface area contributed by atoms with Crippen molar-refractivity contribution in [2.75, 3.05) is 13.2 Å². The highest BCUT2D eigenvalue weighted by molar-refractivity contribution is 5.49. The molecule has 0 N–H and O–H groups in total. The number of ether oxygens (including phenoxy) is 2. The maximum atomic E-state index is 14.3. The van der Waals surface area contributed by atoms with E-state index in [1.807, 2.05) is 0 Å². The first kappa shape index (κ1) is 21.6. The van der Waals surface area contributed by atoms with Crippen LogP contribution in [0.15, 0.2) is 61.7 Å². The Morgan fingerprint density at radius 2 is 1.21 bits per heavy atom. The summed E-state index contributed by atoms with van der Waals surface area (Å²) in [7, 11) is 0. The molecule has 0 radical (unpaired) electrons. The van der Waals surface area contributed by atoms with Crippen LogP contribution in [0.1, 0.15) is 29.2 Å². The number of rotatable bonds is 8. The molecule has 0 aliphatic rings. The number of alkyl halides is 3. The van der Waals surface area contributed by atoms with Crippen LogP contribution in [0, 0.1) is 13.8 Å². The molecule has 0 aromatic heterocycles. The van der Waals surface area contributed by atoms with E-state index in [-0.39, 0.29) is 11.1 Å². The molecular weight excluding hydrogens is 365 g/mol. The highest BCUT2D eigenvalue weighted by atomic mass is 19.4. The van der Waals surface area contributed by atoms with E-state index in [9.17, 15) is 13.2 Å². The van der Waals surface area contributed by atoms with Gasteiger partial charge in [0.25, 0.3) is 0 Å². The third kappa shape index (κ3) is 4.24. The lowest BCUT2D eigenvalue weighted by molar-refractivity contribution is -0.173. The van der Waals surface area contributed by atoms with Crippen molar-refractivity contribution in [1.29, 1.82) is 0 Å². The molecule has 0 amide bonds. The summed E-state index contributed by atoms with van der Waals surface area (Å²) in [6.45, 7) is 12.4. The second-order valence-corrected chi connectivity index (χ2v) is 6.78. The van der Waals surface area contributed by atoms with Crippen LogP contribution in [-0.4, -0.2) is 19.4 Å². The van der Waals surface area contributed by atoms with Crippen molar-refractivity contribution in [3.05, 3.63) is 84.0 Å². The number of hydrogen-bond acceptors (Lipinski definition) is 2. The smallest absolute Gasteiger partial charge is 0.402 e. The second-order valence-electron chi connectivity index (χ2n) is 6.78. The quantitative estimate of drug-likeness (QED) is 0.492. The summed E-state index contributed by atoms with van der Waals surface area (Å²) in [6, 6.07) is 9.15. The van der Waals surface area contributed by atoms with Gasteiger partial charge < -0.3 is 9.47 Å². The van der Waals surface area contributed by atoms with Gasteiger partial charge in [-0.3, -0.25) is 0 Å². The van der Waals surface area contributed by atoms with Crippen LogP contribution < -0.4 is 9.47 Å². The van der Waals surface area contributed by atoms with Gasteiger partial charge in [-0.2, -0.15) is 13.2 Å². The first-order valence-corrected chi connectivity index (χ1v) is 8.91. The van der Waals surface area contributed by atoms with Crippen molar-refractivity contribution in [2.24, 2.45) is 0 Å². The van der Waals surface area contributed by atoms with Crippen LogP contribution in [0.5, 0.6) is 11.5 Å². The lowest BCUT2D eigenvalue weighted by Crippen LogP contribution is -2.40. The summed E-state index contributed by atoms with van der Waals surface area (Å²) < 4.78 is 53.8. The van der Waals surface area contributed by atoms with Gasteiger partial charge in [-0.05, 0) is 55.2 Å². The van der Waals surface area contributed by atoms with Gasteiger partial charge in [-0.1, -0.05) is 49.6 Å². The monoisotopic (exact) mass is 390 g/mol. The summed E-state index contributed by atoms with van der Waals surface area (Å²) in [5, 5.41) is 0. The largest absolute Gasteiger partial charge is 0.489 e. The lowest BCUT2D eigenvalue weighted by Gasteiger charge is -2.34.